The summed E-state index contributed by atoms with van der Waals surface area (Å²) in [4.78, 5) is 25.3. The Morgan fingerprint density at radius 1 is 1.29 bits per heavy atom. The van der Waals surface area contributed by atoms with Crippen molar-refractivity contribution in [2.45, 2.75) is 25.9 Å². The lowest BCUT2D eigenvalue weighted by atomic mass is 10.0. The summed E-state index contributed by atoms with van der Waals surface area (Å²) in [6, 6.07) is 7.38. The van der Waals surface area contributed by atoms with E-state index in [1.807, 2.05) is 12.1 Å². The van der Waals surface area contributed by atoms with Crippen LogP contribution >= 0.6 is 0 Å². The first kappa shape index (κ1) is 14.7. The van der Waals surface area contributed by atoms with Gasteiger partial charge in [0.05, 0.1) is 13.2 Å². The van der Waals surface area contributed by atoms with Gasteiger partial charge in [0.2, 0.25) is 0 Å². The van der Waals surface area contributed by atoms with Gasteiger partial charge in [-0.05, 0) is 30.0 Å². The molecule has 24 heavy (non-hydrogen) atoms. The van der Waals surface area contributed by atoms with Crippen LogP contribution in [0.2, 0.25) is 0 Å². The van der Waals surface area contributed by atoms with Gasteiger partial charge >= 0.3 is 5.97 Å². The number of hydrogen-bond acceptors (Lipinski definition) is 4. The van der Waals surface area contributed by atoms with Gasteiger partial charge in [-0.25, -0.2) is 4.79 Å². The molecule has 0 saturated heterocycles. The maximum atomic E-state index is 12.6. The van der Waals surface area contributed by atoms with Crippen molar-refractivity contribution in [3.8, 4) is 5.75 Å². The number of hydrogen-bond donors (Lipinski definition) is 1. The predicted molar refractivity (Wildman–Crippen MR) is 84.2 cm³/mol. The van der Waals surface area contributed by atoms with Gasteiger partial charge in [0.25, 0.3) is 5.91 Å². The Kier molecular flexibility index (Phi) is 3.48. The van der Waals surface area contributed by atoms with Gasteiger partial charge in [0, 0.05) is 19.2 Å². The summed E-state index contributed by atoms with van der Waals surface area (Å²) in [5.41, 5.74) is 2.48. The first-order valence-electron chi connectivity index (χ1n) is 7.97. The topological polar surface area (TPSA) is 84.7 Å². The molecule has 0 radical (unpaired) electrons. The summed E-state index contributed by atoms with van der Waals surface area (Å²) in [7, 11) is 0. The molecule has 0 saturated carbocycles. The molecule has 4 rings (SSSR count). The van der Waals surface area contributed by atoms with Crippen LogP contribution in [0.15, 0.2) is 24.3 Å². The Morgan fingerprint density at radius 2 is 2.17 bits per heavy atom. The van der Waals surface area contributed by atoms with E-state index in [1.165, 1.54) is 16.3 Å². The van der Waals surface area contributed by atoms with Crippen LogP contribution < -0.4 is 4.74 Å². The Balaban J connectivity index is 1.55. The first-order chi connectivity index (χ1) is 11.6. The normalized spacial score (nSPS) is 16.3. The van der Waals surface area contributed by atoms with Crippen molar-refractivity contribution in [1.82, 2.24) is 14.7 Å². The molecule has 0 bridgehead atoms. The minimum atomic E-state index is -1.12. The number of aryl methyl sites for hydroxylation is 1. The number of nitrogens with zero attached hydrogens (tertiary/aromatic N) is 3. The third-order valence-corrected chi connectivity index (χ3v) is 4.43. The predicted octanol–water partition coefficient (Wildman–Crippen LogP) is 1.56. The van der Waals surface area contributed by atoms with E-state index >= 15 is 0 Å². The minimum absolute atomic E-state index is 0.0915. The Morgan fingerprint density at radius 3 is 3.00 bits per heavy atom. The van der Waals surface area contributed by atoms with Gasteiger partial charge in [-0.3, -0.25) is 9.48 Å². The van der Waals surface area contributed by atoms with Crippen molar-refractivity contribution < 1.29 is 19.4 Å². The fourth-order valence-corrected chi connectivity index (χ4v) is 3.23. The number of carboxylic acid groups (broad SMARTS) is 1. The van der Waals surface area contributed by atoms with Gasteiger partial charge in [0.15, 0.2) is 5.69 Å². The van der Waals surface area contributed by atoms with Gasteiger partial charge < -0.3 is 14.7 Å². The number of ether oxygens (including phenoxy) is 1. The Hall–Kier alpha value is -2.83. The fourth-order valence-electron chi connectivity index (χ4n) is 3.23. The number of benzene rings is 1. The number of rotatable bonds is 3. The lowest BCUT2D eigenvalue weighted by molar-refractivity contribution is 0.0670. The molecule has 0 atom stereocenters. The molecule has 2 aromatic rings. The van der Waals surface area contributed by atoms with Crippen LogP contribution in [-0.4, -0.2) is 44.8 Å². The zero-order chi connectivity index (χ0) is 16.7. The van der Waals surface area contributed by atoms with Crippen LogP contribution in [0.25, 0.3) is 0 Å². The number of aromatic nitrogens is 2. The van der Waals surface area contributed by atoms with E-state index in [0.717, 1.165) is 30.8 Å². The molecule has 2 aliphatic rings. The van der Waals surface area contributed by atoms with Crippen molar-refractivity contribution in [3.05, 3.63) is 46.8 Å². The highest BCUT2D eigenvalue weighted by molar-refractivity contribution is 5.96. The smallest absolute Gasteiger partial charge is 0.356 e. The average Bonchev–Trinajstić information content (AvgIpc) is 3.03. The maximum Gasteiger partial charge on any atom is 0.356 e. The molecular formula is C17H17N3O4. The molecule has 124 valence electrons. The molecule has 3 heterocycles. The number of carboxylic acids is 1. The van der Waals surface area contributed by atoms with Crippen LogP contribution in [0.5, 0.6) is 5.75 Å². The zero-order valence-electron chi connectivity index (χ0n) is 13.1. The molecule has 7 nitrogen and oxygen atoms in total. The highest BCUT2D eigenvalue weighted by atomic mass is 16.5. The van der Waals surface area contributed by atoms with Crippen molar-refractivity contribution >= 4 is 11.9 Å². The number of aromatic carboxylic acids is 1. The third-order valence-electron chi connectivity index (χ3n) is 4.43. The summed E-state index contributed by atoms with van der Waals surface area (Å²) < 4.78 is 7.09. The Labute approximate surface area is 138 Å². The summed E-state index contributed by atoms with van der Waals surface area (Å²) in [6.45, 7) is 2.27. The lowest BCUT2D eigenvalue weighted by Gasteiger charge is -2.28. The molecule has 0 fully saturated rings. The quantitative estimate of drug-likeness (QED) is 0.925. The van der Waals surface area contributed by atoms with Gasteiger partial charge in [0.1, 0.15) is 11.4 Å². The van der Waals surface area contributed by atoms with E-state index < -0.39 is 5.97 Å². The van der Waals surface area contributed by atoms with E-state index in [1.54, 1.807) is 4.90 Å². The summed E-state index contributed by atoms with van der Waals surface area (Å²) in [5, 5.41) is 13.0. The number of fused-ring (bicyclic) bond motifs is 2. The van der Waals surface area contributed by atoms with E-state index in [9.17, 15) is 9.59 Å². The fraction of sp³-hybridized carbons (Fsp3) is 0.353. The molecule has 1 aromatic carbocycles. The maximum absolute atomic E-state index is 12.6. The number of carbonyl (C=O) groups is 2. The molecule has 1 aromatic heterocycles. The molecule has 1 N–H and O–H groups in total. The summed E-state index contributed by atoms with van der Waals surface area (Å²) in [5.74, 6) is -0.375. The van der Waals surface area contributed by atoms with E-state index in [2.05, 4.69) is 11.2 Å². The van der Waals surface area contributed by atoms with Crippen LogP contribution in [0.3, 0.4) is 0 Å². The van der Waals surface area contributed by atoms with Gasteiger partial charge in [-0.1, -0.05) is 12.1 Å². The van der Waals surface area contributed by atoms with Gasteiger partial charge in [-0.2, -0.15) is 5.10 Å². The monoisotopic (exact) mass is 327 g/mol. The molecular weight excluding hydrogens is 310 g/mol. The second-order valence-electron chi connectivity index (χ2n) is 6.06. The molecule has 1 amide bonds. The molecule has 2 aliphatic heterocycles. The summed E-state index contributed by atoms with van der Waals surface area (Å²) in [6.07, 6.45) is 2.00. The number of amides is 1. The molecule has 0 unspecified atom stereocenters. The second-order valence-corrected chi connectivity index (χ2v) is 6.06. The minimum Gasteiger partial charge on any atom is -0.493 e. The van der Waals surface area contributed by atoms with Crippen LogP contribution in [0, 0.1) is 0 Å². The molecule has 0 spiro atoms. The molecule has 7 heteroatoms. The highest BCUT2D eigenvalue weighted by Gasteiger charge is 2.28. The first-order valence-corrected chi connectivity index (χ1v) is 7.97. The van der Waals surface area contributed by atoms with Crippen LogP contribution in [0.4, 0.5) is 0 Å². The van der Waals surface area contributed by atoms with E-state index in [4.69, 9.17) is 9.84 Å². The Bertz CT molecular complexity index is 827. The van der Waals surface area contributed by atoms with Crippen molar-refractivity contribution in [1.29, 1.82) is 0 Å². The zero-order valence-corrected chi connectivity index (χ0v) is 13.1. The highest BCUT2D eigenvalue weighted by Crippen LogP contribution is 2.26. The third kappa shape index (κ3) is 2.51. The average molecular weight is 327 g/mol. The van der Waals surface area contributed by atoms with Crippen molar-refractivity contribution in [3.63, 3.8) is 0 Å². The lowest BCUT2D eigenvalue weighted by Crippen LogP contribution is -2.39. The summed E-state index contributed by atoms with van der Waals surface area (Å²) >= 11 is 0. The van der Waals surface area contributed by atoms with Crippen LogP contribution in [-0.2, 0) is 19.5 Å². The van der Waals surface area contributed by atoms with Crippen LogP contribution in [0.1, 0.15) is 38.5 Å². The standard InChI is InChI=1S/C17H17N3O4/c21-16-14-9-13(17(22)23)18-20(14)6-5-19(16)10-11-3-4-15-12(8-11)2-1-7-24-15/h3-4,8-9H,1-2,5-7,10H2,(H,22,23). The SMILES string of the molecule is O=C(O)c1cc2n(n1)CCN(Cc1ccc3c(c1)CCCO3)C2=O. The van der Waals surface area contributed by atoms with E-state index in [0.29, 0.717) is 25.3 Å². The van der Waals surface area contributed by atoms with Crippen molar-refractivity contribution in [2.75, 3.05) is 13.2 Å². The second kappa shape index (κ2) is 5.67. The van der Waals surface area contributed by atoms with E-state index in [-0.39, 0.29) is 11.6 Å². The van der Waals surface area contributed by atoms with Gasteiger partial charge in [-0.15, -0.1) is 0 Å². The van der Waals surface area contributed by atoms with Crippen molar-refractivity contribution in [2.24, 2.45) is 0 Å². The largest absolute Gasteiger partial charge is 0.493 e. The number of carbonyl (C=O) groups excluding carboxylic acids is 1. The molecule has 0 aliphatic carbocycles.